The van der Waals surface area contributed by atoms with Crippen molar-refractivity contribution in [1.29, 1.82) is 0 Å². The van der Waals surface area contributed by atoms with Gasteiger partial charge in [-0.2, -0.15) is 0 Å². The van der Waals surface area contributed by atoms with Crippen molar-refractivity contribution in [2.45, 2.75) is 26.4 Å². The van der Waals surface area contributed by atoms with E-state index in [-0.39, 0.29) is 23.8 Å². The number of nitrogens with two attached hydrogens (primary N) is 1. The molecule has 0 atom stereocenters. The second kappa shape index (κ2) is 5.14. The van der Waals surface area contributed by atoms with Crippen molar-refractivity contribution < 1.29 is 13.9 Å². The van der Waals surface area contributed by atoms with Crippen molar-refractivity contribution in [1.82, 2.24) is 0 Å². The Balaban J connectivity index is 2.54. The number of benzene rings is 1. The van der Waals surface area contributed by atoms with Gasteiger partial charge in [0.15, 0.2) is 0 Å². The Morgan fingerprint density at radius 2 is 2.12 bits per heavy atom. The molecule has 0 aliphatic carbocycles. The second-order valence-corrected chi connectivity index (χ2v) is 4.69. The normalized spacial score (nSPS) is 11.3. The molecule has 5 heteroatoms. The number of halogens is 1. The predicted octanol–water partition coefficient (Wildman–Crippen LogP) is 2.16. The number of anilines is 2. The molecule has 0 fully saturated rings. The molecule has 4 nitrogen and oxygen atoms in total. The van der Waals surface area contributed by atoms with Gasteiger partial charge >= 0.3 is 0 Å². The maximum Gasteiger partial charge on any atom is 0.250 e. The first-order valence-electron chi connectivity index (χ1n) is 5.27. The van der Waals surface area contributed by atoms with Crippen LogP contribution in [0, 0.1) is 5.82 Å². The fourth-order valence-electron chi connectivity index (χ4n) is 1.10. The van der Waals surface area contributed by atoms with E-state index < -0.39 is 5.82 Å². The molecule has 0 radical (unpaired) electrons. The van der Waals surface area contributed by atoms with E-state index in [1.54, 1.807) is 0 Å². The van der Waals surface area contributed by atoms with Gasteiger partial charge in [-0.3, -0.25) is 4.79 Å². The zero-order valence-corrected chi connectivity index (χ0v) is 10.2. The van der Waals surface area contributed by atoms with Crippen LogP contribution in [-0.2, 0) is 9.53 Å². The minimum Gasteiger partial charge on any atom is -0.396 e. The Bertz CT molecular complexity index is 413. The van der Waals surface area contributed by atoms with Gasteiger partial charge in [-0.05, 0) is 39.0 Å². The minimum absolute atomic E-state index is 0.000426. The summed E-state index contributed by atoms with van der Waals surface area (Å²) < 4.78 is 18.2. The maximum absolute atomic E-state index is 12.9. The number of hydrogen-bond acceptors (Lipinski definition) is 3. The lowest BCUT2D eigenvalue weighted by Crippen LogP contribution is -2.27. The van der Waals surface area contributed by atoms with Crippen LogP contribution in [0.15, 0.2) is 18.2 Å². The number of amides is 1. The second-order valence-electron chi connectivity index (χ2n) is 4.69. The maximum atomic E-state index is 12.9. The number of carbonyl (C=O) groups is 1. The third kappa shape index (κ3) is 4.82. The Labute approximate surface area is 100.0 Å². The van der Waals surface area contributed by atoms with Crippen LogP contribution in [0.5, 0.6) is 0 Å². The van der Waals surface area contributed by atoms with Crippen LogP contribution >= 0.6 is 0 Å². The van der Waals surface area contributed by atoms with E-state index >= 15 is 0 Å². The summed E-state index contributed by atoms with van der Waals surface area (Å²) in [5.74, 6) is -0.806. The van der Waals surface area contributed by atoms with Crippen LogP contribution in [-0.4, -0.2) is 18.1 Å². The van der Waals surface area contributed by atoms with E-state index in [0.29, 0.717) is 5.69 Å². The Morgan fingerprint density at radius 3 is 2.65 bits per heavy atom. The highest BCUT2D eigenvalue weighted by molar-refractivity contribution is 5.92. The number of ether oxygens (including phenoxy) is 1. The van der Waals surface area contributed by atoms with E-state index in [1.807, 2.05) is 20.8 Å². The molecule has 0 aliphatic rings. The molecule has 0 aromatic heterocycles. The van der Waals surface area contributed by atoms with E-state index in [2.05, 4.69) is 5.32 Å². The van der Waals surface area contributed by atoms with Crippen molar-refractivity contribution in [2.24, 2.45) is 0 Å². The van der Waals surface area contributed by atoms with Crippen LogP contribution in [0.1, 0.15) is 20.8 Å². The van der Waals surface area contributed by atoms with Gasteiger partial charge in [0.2, 0.25) is 5.91 Å². The molecule has 0 saturated carbocycles. The van der Waals surface area contributed by atoms with Gasteiger partial charge in [0.1, 0.15) is 12.4 Å². The third-order valence-corrected chi connectivity index (χ3v) is 1.92. The van der Waals surface area contributed by atoms with Gasteiger partial charge in [-0.1, -0.05) is 0 Å². The molecule has 0 spiro atoms. The summed E-state index contributed by atoms with van der Waals surface area (Å²) in [5, 5.41) is 2.57. The highest BCUT2D eigenvalue weighted by Gasteiger charge is 2.13. The Morgan fingerprint density at radius 1 is 1.47 bits per heavy atom. The smallest absolute Gasteiger partial charge is 0.250 e. The highest BCUT2D eigenvalue weighted by atomic mass is 19.1. The van der Waals surface area contributed by atoms with Crippen molar-refractivity contribution in [3.05, 3.63) is 24.0 Å². The SMILES string of the molecule is CC(C)(C)OCC(=O)Nc1ccc(F)c(N)c1. The summed E-state index contributed by atoms with van der Waals surface area (Å²) in [4.78, 5) is 11.5. The molecule has 0 bridgehead atoms. The molecule has 1 aromatic rings. The Hall–Kier alpha value is -1.62. The van der Waals surface area contributed by atoms with Gasteiger partial charge < -0.3 is 15.8 Å². The fraction of sp³-hybridized carbons (Fsp3) is 0.417. The molecule has 94 valence electrons. The van der Waals surface area contributed by atoms with Gasteiger partial charge in [-0.15, -0.1) is 0 Å². The monoisotopic (exact) mass is 240 g/mol. The first kappa shape index (κ1) is 13.4. The number of nitrogen functional groups attached to an aromatic ring is 1. The number of hydrogen-bond donors (Lipinski definition) is 2. The van der Waals surface area contributed by atoms with Gasteiger partial charge in [0, 0.05) is 5.69 Å². The van der Waals surface area contributed by atoms with Crippen molar-refractivity contribution >= 4 is 17.3 Å². The molecular formula is C12H17FN2O2. The highest BCUT2D eigenvalue weighted by Crippen LogP contribution is 2.16. The Kier molecular flexibility index (Phi) is 4.07. The van der Waals surface area contributed by atoms with Gasteiger partial charge in [0.25, 0.3) is 0 Å². The minimum atomic E-state index is -0.506. The van der Waals surface area contributed by atoms with Crippen LogP contribution in [0.2, 0.25) is 0 Å². The van der Waals surface area contributed by atoms with Crippen molar-refractivity contribution in [3.63, 3.8) is 0 Å². The van der Waals surface area contributed by atoms with E-state index in [0.717, 1.165) is 0 Å². The van der Waals surface area contributed by atoms with E-state index in [1.165, 1.54) is 18.2 Å². The summed E-state index contributed by atoms with van der Waals surface area (Å²) in [6.07, 6.45) is 0. The molecule has 0 aliphatic heterocycles. The van der Waals surface area contributed by atoms with Crippen molar-refractivity contribution in [3.8, 4) is 0 Å². The molecule has 0 unspecified atom stereocenters. The standard InChI is InChI=1S/C12H17FN2O2/c1-12(2,3)17-7-11(16)15-8-4-5-9(13)10(14)6-8/h4-6H,7,14H2,1-3H3,(H,15,16). The van der Waals surface area contributed by atoms with E-state index in [4.69, 9.17) is 10.5 Å². The number of rotatable bonds is 3. The summed E-state index contributed by atoms with van der Waals surface area (Å²) in [6, 6.07) is 4.01. The molecule has 1 aromatic carbocycles. The molecular weight excluding hydrogens is 223 g/mol. The summed E-state index contributed by atoms with van der Waals surface area (Å²) >= 11 is 0. The topological polar surface area (TPSA) is 64.3 Å². The summed E-state index contributed by atoms with van der Waals surface area (Å²) in [5.41, 5.74) is 5.46. The first-order valence-corrected chi connectivity index (χ1v) is 5.27. The lowest BCUT2D eigenvalue weighted by atomic mass is 10.2. The van der Waals surface area contributed by atoms with Gasteiger partial charge in [-0.25, -0.2) is 4.39 Å². The van der Waals surface area contributed by atoms with E-state index in [9.17, 15) is 9.18 Å². The average Bonchev–Trinajstić information content (AvgIpc) is 2.20. The largest absolute Gasteiger partial charge is 0.396 e. The summed E-state index contributed by atoms with van der Waals surface area (Å²) in [6.45, 7) is 5.52. The quantitative estimate of drug-likeness (QED) is 0.796. The van der Waals surface area contributed by atoms with Crippen LogP contribution in [0.25, 0.3) is 0 Å². The first-order chi connectivity index (χ1) is 7.78. The zero-order chi connectivity index (χ0) is 13.1. The van der Waals surface area contributed by atoms with Crippen LogP contribution < -0.4 is 11.1 Å². The summed E-state index contributed by atoms with van der Waals surface area (Å²) in [7, 11) is 0. The molecule has 0 heterocycles. The molecule has 17 heavy (non-hydrogen) atoms. The lowest BCUT2D eigenvalue weighted by Gasteiger charge is -2.19. The van der Waals surface area contributed by atoms with Gasteiger partial charge in [0.05, 0.1) is 11.3 Å². The third-order valence-electron chi connectivity index (χ3n) is 1.92. The predicted molar refractivity (Wildman–Crippen MR) is 65.1 cm³/mol. The molecule has 1 amide bonds. The van der Waals surface area contributed by atoms with Crippen LogP contribution in [0.4, 0.5) is 15.8 Å². The molecule has 1 rings (SSSR count). The molecule has 0 saturated heterocycles. The average molecular weight is 240 g/mol. The number of carbonyl (C=O) groups excluding carboxylic acids is 1. The number of nitrogens with one attached hydrogen (secondary N) is 1. The molecule has 3 N–H and O–H groups in total. The lowest BCUT2D eigenvalue weighted by molar-refractivity contribution is -0.125. The fourth-order valence-corrected chi connectivity index (χ4v) is 1.10. The van der Waals surface area contributed by atoms with Crippen molar-refractivity contribution in [2.75, 3.05) is 17.7 Å². The van der Waals surface area contributed by atoms with Crippen LogP contribution in [0.3, 0.4) is 0 Å². The zero-order valence-electron chi connectivity index (χ0n) is 10.2.